The van der Waals surface area contributed by atoms with Crippen molar-refractivity contribution in [2.75, 3.05) is 45.7 Å². The summed E-state index contributed by atoms with van der Waals surface area (Å²) in [7, 11) is 3.51. The number of carbonyl (C=O) groups excluding carboxylic acids is 2. The van der Waals surface area contributed by atoms with Crippen LogP contribution in [0.3, 0.4) is 0 Å². The van der Waals surface area contributed by atoms with Crippen molar-refractivity contribution in [2.24, 2.45) is 11.8 Å². The number of fused-ring (bicyclic) bond motifs is 1. The monoisotopic (exact) mass is 460 g/mol. The molecule has 8 nitrogen and oxygen atoms in total. The molecular weight excluding hydrogens is 420 g/mol. The lowest BCUT2D eigenvalue weighted by molar-refractivity contribution is 0.00994. The van der Waals surface area contributed by atoms with Crippen molar-refractivity contribution in [3.8, 4) is 5.75 Å². The molecule has 1 aliphatic carbocycles. The molecule has 3 amide bonds. The van der Waals surface area contributed by atoms with Gasteiger partial charge in [-0.25, -0.2) is 4.79 Å². The lowest BCUT2D eigenvalue weighted by Crippen LogP contribution is -2.47. The Bertz CT molecular complexity index is 827. The fourth-order valence-corrected chi connectivity index (χ4v) is 4.24. The maximum atomic E-state index is 13.3. The highest BCUT2D eigenvalue weighted by Crippen LogP contribution is 2.32. The number of ether oxygens (including phenoxy) is 2. The Morgan fingerprint density at radius 2 is 1.97 bits per heavy atom. The first-order valence-electron chi connectivity index (χ1n) is 12.0. The molecule has 2 N–H and O–H groups in total. The first-order chi connectivity index (χ1) is 15.7. The topological polar surface area (TPSA) is 83.1 Å². The van der Waals surface area contributed by atoms with E-state index in [9.17, 15) is 9.59 Å². The Morgan fingerprint density at radius 3 is 2.61 bits per heavy atom. The van der Waals surface area contributed by atoms with E-state index in [1.54, 1.807) is 37.3 Å². The molecule has 0 bridgehead atoms. The minimum absolute atomic E-state index is 0.0233. The zero-order valence-corrected chi connectivity index (χ0v) is 20.9. The normalized spacial score (nSPS) is 25.0. The summed E-state index contributed by atoms with van der Waals surface area (Å²) >= 11 is 0. The molecule has 3 rings (SSSR count). The first-order valence-corrected chi connectivity index (χ1v) is 12.0. The van der Waals surface area contributed by atoms with Crippen LogP contribution >= 0.6 is 0 Å². The number of nitrogens with zero attached hydrogens (tertiary/aromatic N) is 2. The molecule has 0 spiro atoms. The van der Waals surface area contributed by atoms with E-state index in [0.29, 0.717) is 30.2 Å². The van der Waals surface area contributed by atoms with Crippen LogP contribution in [0.5, 0.6) is 5.75 Å². The number of hydrogen-bond acceptors (Lipinski definition) is 5. The maximum Gasteiger partial charge on any atom is 0.319 e. The number of hydrogen-bond donors (Lipinski definition) is 2. The minimum Gasteiger partial charge on any atom is -0.491 e. The molecule has 3 atom stereocenters. The van der Waals surface area contributed by atoms with E-state index >= 15 is 0 Å². The van der Waals surface area contributed by atoms with Crippen LogP contribution in [0.25, 0.3) is 0 Å². The number of likely N-dealkylation sites (N-methyl/N-ethyl adjacent to an activating group) is 1. The molecule has 0 saturated heterocycles. The van der Waals surface area contributed by atoms with Crippen LogP contribution in [-0.2, 0) is 4.74 Å². The first kappa shape index (κ1) is 25.3. The summed E-state index contributed by atoms with van der Waals surface area (Å²) in [5.41, 5.74) is 1.07. The predicted octanol–water partition coefficient (Wildman–Crippen LogP) is 3.43. The lowest BCUT2D eigenvalue weighted by Gasteiger charge is -2.36. The SMILES string of the molecule is CO[C@@H]1CN(C)C(=O)c2ccc(NC(=O)NC(C)C)cc2OC[C@H](C)N(CC2CC2)C[C@H]1C. The van der Waals surface area contributed by atoms with Gasteiger partial charge < -0.3 is 25.0 Å². The fraction of sp³-hybridized carbons (Fsp3) is 0.680. The van der Waals surface area contributed by atoms with Crippen molar-refractivity contribution >= 4 is 17.6 Å². The third-order valence-electron chi connectivity index (χ3n) is 6.44. The van der Waals surface area contributed by atoms with Crippen molar-refractivity contribution in [3.05, 3.63) is 23.8 Å². The van der Waals surface area contributed by atoms with Crippen LogP contribution in [0.2, 0.25) is 0 Å². The molecule has 1 aromatic rings. The molecule has 0 aromatic heterocycles. The minimum atomic E-state index is -0.289. The van der Waals surface area contributed by atoms with Gasteiger partial charge in [-0.05, 0) is 57.6 Å². The van der Waals surface area contributed by atoms with Gasteiger partial charge in [-0.3, -0.25) is 9.69 Å². The van der Waals surface area contributed by atoms with Gasteiger partial charge >= 0.3 is 6.03 Å². The molecule has 2 aliphatic rings. The van der Waals surface area contributed by atoms with Gasteiger partial charge in [0.05, 0.1) is 11.7 Å². The van der Waals surface area contributed by atoms with Crippen LogP contribution in [-0.4, -0.2) is 80.3 Å². The number of rotatable bonds is 5. The molecule has 8 heteroatoms. The Labute approximate surface area is 198 Å². The van der Waals surface area contributed by atoms with Crippen LogP contribution in [0.1, 0.15) is 50.9 Å². The Morgan fingerprint density at radius 1 is 1.24 bits per heavy atom. The van der Waals surface area contributed by atoms with E-state index < -0.39 is 0 Å². The summed E-state index contributed by atoms with van der Waals surface area (Å²) in [6.07, 6.45) is 2.52. The molecule has 0 radical (unpaired) electrons. The third kappa shape index (κ3) is 7.08. The molecule has 33 heavy (non-hydrogen) atoms. The summed E-state index contributed by atoms with van der Waals surface area (Å²) in [5.74, 6) is 1.40. The number of benzene rings is 1. The second-order valence-electron chi connectivity index (χ2n) is 9.96. The second-order valence-corrected chi connectivity index (χ2v) is 9.96. The van der Waals surface area contributed by atoms with Crippen molar-refractivity contribution in [3.63, 3.8) is 0 Å². The standard InChI is InChI=1S/C25H40N4O4/c1-16(2)26-25(31)27-20-9-10-21-22(11-20)33-15-18(4)29(13-19-7-8-19)12-17(3)23(32-6)14-28(5)24(21)30/h9-11,16-19,23H,7-8,12-15H2,1-6H3,(H2,26,27,31)/t17-,18+,23-/m1/s1. The van der Waals surface area contributed by atoms with Crippen molar-refractivity contribution < 1.29 is 19.1 Å². The quantitative estimate of drug-likeness (QED) is 0.703. The van der Waals surface area contributed by atoms with Crippen molar-refractivity contribution in [2.45, 2.75) is 58.7 Å². The summed E-state index contributed by atoms with van der Waals surface area (Å²) in [6.45, 7) is 11.1. The maximum absolute atomic E-state index is 13.3. The Kier molecular flexibility index (Phi) is 8.59. The third-order valence-corrected chi connectivity index (χ3v) is 6.44. The molecule has 1 saturated carbocycles. The van der Waals surface area contributed by atoms with Crippen LogP contribution < -0.4 is 15.4 Å². The van der Waals surface area contributed by atoms with Gasteiger partial charge in [-0.15, -0.1) is 0 Å². The average Bonchev–Trinajstić information content (AvgIpc) is 3.57. The molecule has 1 heterocycles. The molecule has 1 aromatic carbocycles. The molecule has 1 aliphatic heterocycles. The predicted molar refractivity (Wildman–Crippen MR) is 130 cm³/mol. The van der Waals surface area contributed by atoms with Crippen molar-refractivity contribution in [1.29, 1.82) is 0 Å². The van der Waals surface area contributed by atoms with E-state index in [0.717, 1.165) is 19.0 Å². The number of nitrogens with one attached hydrogen (secondary N) is 2. The van der Waals surface area contributed by atoms with E-state index in [2.05, 4.69) is 29.4 Å². The van der Waals surface area contributed by atoms with Gasteiger partial charge in [0.15, 0.2) is 0 Å². The number of urea groups is 1. The second kappa shape index (κ2) is 11.2. The average molecular weight is 461 g/mol. The van der Waals surface area contributed by atoms with Gasteiger partial charge in [0.1, 0.15) is 12.4 Å². The van der Waals surface area contributed by atoms with Crippen LogP contribution in [0.15, 0.2) is 18.2 Å². The highest BCUT2D eigenvalue weighted by atomic mass is 16.5. The lowest BCUT2D eigenvalue weighted by atomic mass is 10.0. The zero-order valence-electron chi connectivity index (χ0n) is 20.9. The zero-order chi connectivity index (χ0) is 24.1. The Hall–Kier alpha value is -2.32. The van der Waals surface area contributed by atoms with Gasteiger partial charge in [0.2, 0.25) is 0 Å². The highest BCUT2D eigenvalue weighted by molar-refractivity contribution is 5.98. The van der Waals surface area contributed by atoms with E-state index in [4.69, 9.17) is 9.47 Å². The summed E-state index contributed by atoms with van der Waals surface area (Å²) in [5, 5.41) is 5.64. The highest BCUT2D eigenvalue weighted by Gasteiger charge is 2.31. The molecule has 184 valence electrons. The number of amides is 3. The molecular formula is C25H40N4O4. The smallest absolute Gasteiger partial charge is 0.319 e. The van der Waals surface area contributed by atoms with Gasteiger partial charge in [-0.1, -0.05) is 6.92 Å². The number of methoxy groups -OCH3 is 1. The number of carbonyl (C=O) groups is 2. The summed E-state index contributed by atoms with van der Waals surface area (Å²) < 4.78 is 12.0. The summed E-state index contributed by atoms with van der Waals surface area (Å²) in [6, 6.07) is 5.12. The van der Waals surface area contributed by atoms with Crippen LogP contribution in [0, 0.1) is 11.8 Å². The fourth-order valence-electron chi connectivity index (χ4n) is 4.24. The summed E-state index contributed by atoms with van der Waals surface area (Å²) in [4.78, 5) is 29.6. The van der Waals surface area contributed by atoms with Crippen molar-refractivity contribution in [1.82, 2.24) is 15.1 Å². The van der Waals surface area contributed by atoms with Gasteiger partial charge in [0.25, 0.3) is 5.91 Å². The Balaban J connectivity index is 1.88. The number of anilines is 1. The molecule has 0 unspecified atom stereocenters. The van der Waals surface area contributed by atoms with E-state index in [1.807, 2.05) is 13.8 Å². The van der Waals surface area contributed by atoms with E-state index in [1.165, 1.54) is 12.8 Å². The van der Waals surface area contributed by atoms with E-state index in [-0.39, 0.29) is 36.0 Å². The van der Waals surface area contributed by atoms with Gasteiger partial charge in [-0.2, -0.15) is 0 Å². The molecule has 1 fully saturated rings. The largest absolute Gasteiger partial charge is 0.491 e. The van der Waals surface area contributed by atoms with Crippen LogP contribution in [0.4, 0.5) is 10.5 Å². The van der Waals surface area contributed by atoms with Gasteiger partial charge in [0, 0.05) is 57.6 Å².